The number of hydrogen-bond acceptors (Lipinski definition) is 0. The minimum Gasteiger partial charge on any atom is -0.207 e. The maximum Gasteiger partial charge on any atom is 0.212 e. The number of aromatic nitrogens is 3. The van der Waals surface area contributed by atoms with Crippen molar-refractivity contribution in [3.8, 4) is 67.2 Å². The van der Waals surface area contributed by atoms with Crippen LogP contribution in [0, 0.1) is 45.1 Å². The molecule has 3 aromatic heterocycles. The zero-order valence-corrected chi connectivity index (χ0v) is 40.5. The maximum absolute atomic E-state index is 13.4. The number of aryl methyl sites for hydroxylation is 8. The Morgan fingerprint density at radius 3 is 1.22 bits per heavy atom. The average Bonchev–Trinajstić information content (AvgIpc) is 3.39. The van der Waals surface area contributed by atoms with Crippen LogP contribution in [0.2, 0.25) is 0 Å². The van der Waals surface area contributed by atoms with Crippen molar-refractivity contribution in [1.82, 2.24) is 0 Å². The SMILES string of the molecule is Cc1cc(-c2ccccc2C)[n+](C)cc1-c1ccc(F)cc1.[2H]C([2H])([2H])C([2H])(C)c1cc(-c2ccccc2C)[n+](C)cc1-c1ccc(F)cc1.[2H]C([2H])([2H])Cc1cc(-c2ccccc2C)[n+](C)cc1-c1ccc(F)cc1. The van der Waals surface area contributed by atoms with Crippen LogP contribution in [0.15, 0.2) is 182 Å². The summed E-state index contributed by atoms with van der Waals surface area (Å²) in [5.41, 5.74) is 17.0. The molecule has 0 fully saturated rings. The van der Waals surface area contributed by atoms with Gasteiger partial charge in [0.15, 0.2) is 18.6 Å². The van der Waals surface area contributed by atoms with E-state index in [-0.39, 0.29) is 23.9 Å². The number of nitrogens with zero attached hydrogens (tertiary/aromatic N) is 3. The molecule has 6 aromatic carbocycles. The lowest BCUT2D eigenvalue weighted by atomic mass is 9.91. The summed E-state index contributed by atoms with van der Waals surface area (Å²) in [7, 11) is 5.87. The highest BCUT2D eigenvalue weighted by molar-refractivity contribution is 5.72. The van der Waals surface area contributed by atoms with E-state index in [1.165, 1.54) is 65.7 Å². The summed E-state index contributed by atoms with van der Waals surface area (Å²) in [5, 5.41) is 0. The van der Waals surface area contributed by atoms with Gasteiger partial charge in [-0.25, -0.2) is 26.9 Å². The zero-order chi connectivity index (χ0) is 55.3. The molecule has 1 atom stereocenters. The minimum absolute atomic E-state index is 0.0422. The molecule has 0 aliphatic rings. The Kier molecular flexibility index (Phi) is 13.0. The predicted octanol–water partition coefficient (Wildman–Crippen LogP) is 14.9. The van der Waals surface area contributed by atoms with E-state index in [4.69, 9.17) is 9.60 Å². The van der Waals surface area contributed by atoms with Gasteiger partial charge in [-0.2, -0.15) is 0 Å². The van der Waals surface area contributed by atoms with Crippen molar-refractivity contribution in [1.29, 1.82) is 0 Å². The molecule has 0 radical (unpaired) electrons. The van der Waals surface area contributed by atoms with Crippen LogP contribution in [-0.4, -0.2) is 0 Å². The molecule has 1 unspecified atom stereocenters. The van der Waals surface area contributed by atoms with Crippen LogP contribution in [0.25, 0.3) is 67.2 Å². The van der Waals surface area contributed by atoms with Gasteiger partial charge in [-0.15, -0.1) is 0 Å². The Hall–Kier alpha value is -7.44. The fourth-order valence-corrected chi connectivity index (χ4v) is 8.61. The van der Waals surface area contributed by atoms with Crippen molar-refractivity contribution in [3.05, 3.63) is 233 Å². The van der Waals surface area contributed by atoms with Crippen molar-refractivity contribution < 1.29 is 36.5 Å². The molecule has 0 N–H and O–H groups in total. The molecule has 0 aliphatic carbocycles. The van der Waals surface area contributed by atoms with Crippen LogP contribution in [-0.2, 0) is 27.6 Å². The van der Waals surface area contributed by atoms with E-state index in [1.54, 1.807) is 30.3 Å². The molecule has 0 bridgehead atoms. The quantitative estimate of drug-likeness (QED) is 0.135. The molecular formula is C63H63F3N3+3. The Balaban J connectivity index is 0.000000167. The molecule has 9 rings (SSSR count). The van der Waals surface area contributed by atoms with E-state index in [9.17, 15) is 13.2 Å². The first kappa shape index (κ1) is 40.6. The topological polar surface area (TPSA) is 11.6 Å². The number of halogens is 3. The smallest absolute Gasteiger partial charge is 0.207 e. The minimum atomic E-state index is -2.52. The summed E-state index contributed by atoms with van der Waals surface area (Å²) in [5.74, 6) is -2.72. The Morgan fingerprint density at radius 2 is 0.797 bits per heavy atom. The van der Waals surface area contributed by atoms with Crippen molar-refractivity contribution >= 4 is 0 Å². The number of pyridine rings is 3. The van der Waals surface area contributed by atoms with Crippen LogP contribution in [0.1, 0.15) is 69.5 Å². The van der Waals surface area contributed by atoms with Crippen LogP contribution >= 0.6 is 0 Å². The summed E-state index contributed by atoms with van der Waals surface area (Å²) >= 11 is 0. The first-order valence-corrected chi connectivity index (χ1v) is 22.9. The molecule has 3 nitrogen and oxygen atoms in total. The summed E-state index contributed by atoms with van der Waals surface area (Å²) < 4.78 is 101. The highest BCUT2D eigenvalue weighted by Crippen LogP contribution is 2.33. The first-order valence-electron chi connectivity index (χ1n) is 26.4. The lowest BCUT2D eigenvalue weighted by Crippen LogP contribution is -2.31. The number of rotatable bonds is 8. The van der Waals surface area contributed by atoms with E-state index in [0.29, 0.717) is 16.7 Å². The molecule has 0 spiro atoms. The van der Waals surface area contributed by atoms with Gasteiger partial charge in [0.25, 0.3) is 0 Å². The van der Waals surface area contributed by atoms with Gasteiger partial charge in [-0.1, -0.05) is 112 Å². The molecule has 3 heterocycles. The van der Waals surface area contributed by atoms with Crippen LogP contribution in [0.4, 0.5) is 13.2 Å². The Morgan fingerprint density at radius 1 is 0.435 bits per heavy atom. The molecular weight excluding hydrogens is 856 g/mol. The fourth-order valence-electron chi connectivity index (χ4n) is 8.61. The van der Waals surface area contributed by atoms with Gasteiger partial charge < -0.3 is 0 Å². The van der Waals surface area contributed by atoms with Crippen molar-refractivity contribution in [3.63, 3.8) is 0 Å². The largest absolute Gasteiger partial charge is 0.212 e. The molecule has 9 aromatic rings. The van der Waals surface area contributed by atoms with Gasteiger partial charge in [0.2, 0.25) is 17.1 Å². The number of benzene rings is 6. The van der Waals surface area contributed by atoms with E-state index in [2.05, 4.69) is 54.9 Å². The van der Waals surface area contributed by atoms with Gasteiger partial charge in [-0.3, -0.25) is 0 Å². The van der Waals surface area contributed by atoms with E-state index in [0.717, 1.165) is 61.5 Å². The second-order valence-electron chi connectivity index (χ2n) is 17.4. The standard InChI is InChI=1S/C22H23FN.C21H21FN.C20H19FN/c1-15(2)20-13-22(19-8-6-5-7-16(19)3)24(4)14-21(20)17-9-11-18(23)12-10-17;1-4-16-13-21(19-8-6-5-7-15(19)2)23(3)14-20(16)17-9-11-18(22)12-10-17;1-14-6-4-5-7-18(14)20-12-15(2)19(13-22(20)3)16-8-10-17(21)11-9-16/h5-15H,1-4H3;5-14H,4H2,1-3H3;4-13H,1-3H3/q3*+1/i1D3,15D;1D3;. The Bertz CT molecular complexity index is 3500. The molecule has 0 saturated heterocycles. The fraction of sp³-hybridized carbons (Fsp3) is 0.190. The summed E-state index contributed by atoms with van der Waals surface area (Å²) in [6.07, 6.45) is 5.82. The summed E-state index contributed by atoms with van der Waals surface area (Å²) in [6, 6.07) is 48.9. The van der Waals surface area contributed by atoms with Crippen LogP contribution in [0.5, 0.6) is 0 Å². The average molecular weight is 926 g/mol. The molecule has 0 aliphatic heterocycles. The molecule has 348 valence electrons. The highest BCUT2D eigenvalue weighted by atomic mass is 19.1. The third-order valence-corrected chi connectivity index (χ3v) is 12.4. The van der Waals surface area contributed by atoms with Crippen LogP contribution < -0.4 is 13.7 Å². The summed E-state index contributed by atoms with van der Waals surface area (Å²) in [4.78, 5) is 0. The van der Waals surface area contributed by atoms with Gasteiger partial charge >= 0.3 is 0 Å². The van der Waals surface area contributed by atoms with Gasteiger partial charge in [0.05, 0.1) is 0 Å². The van der Waals surface area contributed by atoms with E-state index in [1.807, 2.05) is 123 Å². The lowest BCUT2D eigenvalue weighted by molar-refractivity contribution is -0.660. The Labute approximate surface area is 417 Å². The highest BCUT2D eigenvalue weighted by Gasteiger charge is 2.21. The zero-order valence-electron chi connectivity index (χ0n) is 47.5. The molecule has 0 saturated carbocycles. The normalized spacial score (nSPS) is 13.6. The second kappa shape index (κ2) is 22.1. The number of hydrogen-bond donors (Lipinski definition) is 0. The monoisotopic (exact) mass is 926 g/mol. The molecule has 6 heteroatoms. The first-order chi connectivity index (χ1) is 35.8. The van der Waals surface area contributed by atoms with E-state index >= 15 is 0 Å². The van der Waals surface area contributed by atoms with Crippen molar-refractivity contribution in [2.75, 3.05) is 0 Å². The van der Waals surface area contributed by atoms with E-state index < -0.39 is 19.6 Å². The van der Waals surface area contributed by atoms with Gasteiger partial charge in [-0.05, 0) is 145 Å². The van der Waals surface area contributed by atoms with Gasteiger partial charge in [0.1, 0.15) is 38.6 Å². The van der Waals surface area contributed by atoms with Crippen molar-refractivity contribution in [2.45, 2.75) is 60.6 Å². The molecule has 69 heavy (non-hydrogen) atoms. The summed E-state index contributed by atoms with van der Waals surface area (Å²) in [6.45, 7) is 5.05. The maximum atomic E-state index is 13.4. The van der Waals surface area contributed by atoms with Crippen molar-refractivity contribution in [2.24, 2.45) is 21.1 Å². The van der Waals surface area contributed by atoms with Gasteiger partial charge in [0, 0.05) is 61.2 Å². The predicted molar refractivity (Wildman–Crippen MR) is 278 cm³/mol. The lowest BCUT2D eigenvalue weighted by Gasteiger charge is -2.14. The van der Waals surface area contributed by atoms with Crippen LogP contribution in [0.3, 0.4) is 0 Å². The third-order valence-electron chi connectivity index (χ3n) is 12.4. The molecule has 0 amide bonds. The third kappa shape index (κ3) is 11.6. The second-order valence-corrected chi connectivity index (χ2v) is 17.4.